The first kappa shape index (κ1) is 15.5. The molecule has 5 nitrogen and oxygen atoms in total. The van der Waals surface area contributed by atoms with Gasteiger partial charge in [-0.1, -0.05) is 54.6 Å². The Kier molecular flexibility index (Phi) is 5.45. The second-order valence-electron chi connectivity index (χ2n) is 4.56. The number of hydroxylamine groups is 1. The van der Waals surface area contributed by atoms with E-state index in [0.717, 1.165) is 5.56 Å². The molecule has 5 heteroatoms. The van der Waals surface area contributed by atoms with Crippen molar-refractivity contribution in [3.8, 4) is 0 Å². The maximum Gasteiger partial charge on any atom is 0.267 e. The molecule has 0 saturated heterocycles. The first-order chi connectivity index (χ1) is 10.7. The minimum Gasteiger partial charge on any atom is -0.342 e. The Morgan fingerprint density at radius 1 is 0.955 bits per heavy atom. The number of rotatable bonds is 5. The summed E-state index contributed by atoms with van der Waals surface area (Å²) in [6.07, 6.45) is 2.69. The molecule has 0 aromatic heterocycles. The van der Waals surface area contributed by atoms with Crippen LogP contribution in [0.15, 0.2) is 72.8 Å². The van der Waals surface area contributed by atoms with Gasteiger partial charge in [-0.05, 0) is 17.7 Å². The summed E-state index contributed by atoms with van der Waals surface area (Å²) in [7, 11) is 0. The Balaban J connectivity index is 2.20. The normalized spacial score (nSPS) is 11.9. The molecule has 22 heavy (non-hydrogen) atoms. The third-order valence-electron chi connectivity index (χ3n) is 3.03. The van der Waals surface area contributed by atoms with Crippen LogP contribution < -0.4 is 10.8 Å². The van der Waals surface area contributed by atoms with E-state index in [-0.39, 0.29) is 5.91 Å². The average Bonchev–Trinajstić information content (AvgIpc) is 2.59. The zero-order valence-electron chi connectivity index (χ0n) is 11.8. The Morgan fingerprint density at radius 2 is 1.55 bits per heavy atom. The van der Waals surface area contributed by atoms with Crippen LogP contribution in [0.1, 0.15) is 22.0 Å². The van der Waals surface area contributed by atoms with Gasteiger partial charge in [-0.2, -0.15) is 0 Å². The van der Waals surface area contributed by atoms with E-state index in [1.54, 1.807) is 24.3 Å². The van der Waals surface area contributed by atoms with Gasteiger partial charge in [0.05, 0.1) is 6.04 Å². The van der Waals surface area contributed by atoms with Crippen molar-refractivity contribution in [3.63, 3.8) is 0 Å². The van der Waals surface area contributed by atoms with Crippen molar-refractivity contribution in [1.82, 2.24) is 10.8 Å². The molecule has 112 valence electrons. The van der Waals surface area contributed by atoms with Crippen LogP contribution in [0.5, 0.6) is 0 Å². The monoisotopic (exact) mass is 296 g/mol. The maximum atomic E-state index is 12.2. The molecular formula is C17H16N2O3. The molecule has 2 aromatic carbocycles. The van der Waals surface area contributed by atoms with Crippen LogP contribution >= 0.6 is 0 Å². The summed E-state index contributed by atoms with van der Waals surface area (Å²) in [6, 6.07) is 17.6. The molecule has 0 aliphatic rings. The Labute approximate surface area is 128 Å². The molecule has 3 N–H and O–H groups in total. The van der Waals surface area contributed by atoms with Crippen molar-refractivity contribution in [2.24, 2.45) is 0 Å². The Bertz CT molecular complexity index is 654. The molecule has 0 saturated carbocycles. The molecule has 1 atom stereocenters. The molecule has 0 heterocycles. The fraction of sp³-hybridized carbons (Fsp3) is 0.0588. The van der Waals surface area contributed by atoms with Crippen molar-refractivity contribution < 1.29 is 14.8 Å². The van der Waals surface area contributed by atoms with Crippen molar-refractivity contribution in [2.75, 3.05) is 0 Å². The van der Waals surface area contributed by atoms with Gasteiger partial charge in [0.2, 0.25) is 0 Å². The van der Waals surface area contributed by atoms with Gasteiger partial charge in [0, 0.05) is 11.6 Å². The van der Waals surface area contributed by atoms with E-state index < -0.39 is 11.9 Å². The summed E-state index contributed by atoms with van der Waals surface area (Å²) in [5.74, 6) is -0.904. The highest BCUT2D eigenvalue weighted by atomic mass is 16.5. The molecule has 1 unspecified atom stereocenters. The average molecular weight is 296 g/mol. The quantitative estimate of drug-likeness (QED) is 0.450. The smallest absolute Gasteiger partial charge is 0.267 e. The summed E-state index contributed by atoms with van der Waals surface area (Å²) in [5, 5.41) is 11.4. The van der Waals surface area contributed by atoms with Gasteiger partial charge in [-0.25, -0.2) is 5.48 Å². The Morgan fingerprint density at radius 3 is 2.14 bits per heavy atom. The van der Waals surface area contributed by atoms with E-state index in [0.29, 0.717) is 5.56 Å². The second kappa shape index (κ2) is 7.75. The highest BCUT2D eigenvalue weighted by Gasteiger charge is 2.13. The standard InChI is InChI=1S/C17H16N2O3/c20-16(19-22)12-11-15(13-7-3-1-4-8-13)18-17(21)14-9-5-2-6-10-14/h1-12,15,22H,(H,18,21)(H,19,20)/b12-11+. The third kappa shape index (κ3) is 4.29. The van der Waals surface area contributed by atoms with Crippen LogP contribution in [-0.4, -0.2) is 17.0 Å². The largest absolute Gasteiger partial charge is 0.342 e. The maximum absolute atomic E-state index is 12.2. The predicted octanol–water partition coefficient (Wildman–Crippen LogP) is 2.22. The van der Waals surface area contributed by atoms with Crippen LogP contribution in [-0.2, 0) is 4.79 Å². The second-order valence-corrected chi connectivity index (χ2v) is 4.56. The number of nitrogens with one attached hydrogen (secondary N) is 2. The summed E-state index contributed by atoms with van der Waals surface area (Å²) in [5.41, 5.74) is 2.88. The molecule has 2 aromatic rings. The van der Waals surface area contributed by atoms with E-state index in [1.807, 2.05) is 36.4 Å². The lowest BCUT2D eigenvalue weighted by Crippen LogP contribution is -2.27. The van der Waals surface area contributed by atoms with Gasteiger partial charge in [-0.3, -0.25) is 14.8 Å². The zero-order chi connectivity index (χ0) is 15.8. The fourth-order valence-electron chi connectivity index (χ4n) is 1.94. The van der Waals surface area contributed by atoms with Gasteiger partial charge in [0.15, 0.2) is 0 Å². The number of benzene rings is 2. The summed E-state index contributed by atoms with van der Waals surface area (Å²) < 4.78 is 0. The molecule has 0 bridgehead atoms. The van der Waals surface area contributed by atoms with Crippen molar-refractivity contribution in [3.05, 3.63) is 83.9 Å². The van der Waals surface area contributed by atoms with Gasteiger partial charge in [0.25, 0.3) is 11.8 Å². The first-order valence-corrected chi connectivity index (χ1v) is 6.74. The zero-order valence-corrected chi connectivity index (χ0v) is 11.8. The van der Waals surface area contributed by atoms with Crippen LogP contribution in [0.4, 0.5) is 0 Å². The number of carbonyl (C=O) groups excluding carboxylic acids is 2. The lowest BCUT2D eigenvalue weighted by molar-refractivity contribution is -0.124. The summed E-state index contributed by atoms with van der Waals surface area (Å²) in [4.78, 5) is 23.4. The molecule has 2 amide bonds. The summed E-state index contributed by atoms with van der Waals surface area (Å²) in [6.45, 7) is 0. The topological polar surface area (TPSA) is 78.4 Å². The van der Waals surface area contributed by atoms with Crippen molar-refractivity contribution in [1.29, 1.82) is 0 Å². The van der Waals surface area contributed by atoms with Crippen LogP contribution in [0.25, 0.3) is 0 Å². The van der Waals surface area contributed by atoms with E-state index >= 15 is 0 Å². The summed E-state index contributed by atoms with van der Waals surface area (Å²) >= 11 is 0. The molecule has 0 aliphatic carbocycles. The van der Waals surface area contributed by atoms with Crippen LogP contribution in [0.3, 0.4) is 0 Å². The highest BCUT2D eigenvalue weighted by molar-refractivity contribution is 5.94. The van der Waals surface area contributed by atoms with E-state index in [4.69, 9.17) is 5.21 Å². The van der Waals surface area contributed by atoms with Crippen molar-refractivity contribution in [2.45, 2.75) is 6.04 Å². The Hall–Kier alpha value is -2.92. The molecule has 0 spiro atoms. The van der Waals surface area contributed by atoms with Gasteiger partial charge in [0.1, 0.15) is 0 Å². The minimum absolute atomic E-state index is 0.247. The van der Waals surface area contributed by atoms with E-state index in [2.05, 4.69) is 5.32 Å². The van der Waals surface area contributed by atoms with Crippen LogP contribution in [0.2, 0.25) is 0 Å². The first-order valence-electron chi connectivity index (χ1n) is 6.74. The van der Waals surface area contributed by atoms with Crippen molar-refractivity contribution >= 4 is 11.8 Å². The highest BCUT2D eigenvalue weighted by Crippen LogP contribution is 2.15. The van der Waals surface area contributed by atoms with E-state index in [1.165, 1.54) is 17.6 Å². The fourth-order valence-corrected chi connectivity index (χ4v) is 1.94. The molecule has 0 aliphatic heterocycles. The molecule has 2 rings (SSSR count). The number of hydrogen-bond acceptors (Lipinski definition) is 3. The number of hydrogen-bond donors (Lipinski definition) is 3. The molecular weight excluding hydrogens is 280 g/mol. The predicted molar refractivity (Wildman–Crippen MR) is 82.2 cm³/mol. The number of amides is 2. The van der Waals surface area contributed by atoms with Crippen LogP contribution in [0, 0.1) is 0 Å². The molecule has 0 fully saturated rings. The minimum atomic E-state index is -0.658. The molecule has 0 radical (unpaired) electrons. The van der Waals surface area contributed by atoms with Gasteiger partial charge >= 0.3 is 0 Å². The van der Waals surface area contributed by atoms with Gasteiger partial charge in [-0.15, -0.1) is 0 Å². The SMILES string of the molecule is O=C(/C=C/C(NC(=O)c1ccccc1)c1ccccc1)NO. The lowest BCUT2D eigenvalue weighted by Gasteiger charge is -2.15. The third-order valence-corrected chi connectivity index (χ3v) is 3.03. The lowest BCUT2D eigenvalue weighted by atomic mass is 10.1. The van der Waals surface area contributed by atoms with E-state index in [9.17, 15) is 9.59 Å². The van der Waals surface area contributed by atoms with Gasteiger partial charge < -0.3 is 5.32 Å². The number of carbonyl (C=O) groups is 2.